The zero-order valence-electron chi connectivity index (χ0n) is 16.3. The number of thiazole rings is 1. The molecule has 1 aliphatic rings. The number of allylic oxidation sites excluding steroid dienone is 4. The van der Waals surface area contributed by atoms with Crippen LogP contribution in [0.4, 0.5) is 5.69 Å². The van der Waals surface area contributed by atoms with Crippen LogP contribution in [0.25, 0.3) is 16.3 Å². The third-order valence-corrected chi connectivity index (χ3v) is 6.82. The smallest absolute Gasteiger partial charge is 0.323 e. The Morgan fingerprint density at radius 2 is 1.84 bits per heavy atom. The zero-order valence-corrected chi connectivity index (χ0v) is 17.9. The van der Waals surface area contributed by atoms with Crippen molar-refractivity contribution in [3.8, 4) is 0 Å². The molecular formula is C23H18N2O4S2. The molecule has 1 N–H and O–H groups in total. The van der Waals surface area contributed by atoms with Gasteiger partial charge >= 0.3 is 5.97 Å². The van der Waals surface area contributed by atoms with Crippen molar-refractivity contribution in [3.63, 3.8) is 0 Å². The topological polar surface area (TPSA) is 84.5 Å². The maximum absolute atomic E-state index is 11.3. The normalized spacial score (nSPS) is 14.8. The van der Waals surface area contributed by atoms with Gasteiger partial charge < -0.3 is 19.9 Å². The van der Waals surface area contributed by atoms with E-state index in [4.69, 9.17) is 0 Å². The van der Waals surface area contributed by atoms with E-state index in [1.165, 1.54) is 23.1 Å². The predicted molar refractivity (Wildman–Crippen MR) is 121 cm³/mol. The quantitative estimate of drug-likeness (QED) is 0.440. The Balaban J connectivity index is 1.54. The van der Waals surface area contributed by atoms with Crippen molar-refractivity contribution in [1.29, 1.82) is 0 Å². The maximum Gasteiger partial charge on any atom is 0.323 e. The monoisotopic (exact) mass is 450 g/mol. The Morgan fingerprint density at radius 3 is 2.65 bits per heavy atom. The van der Waals surface area contributed by atoms with Crippen LogP contribution in [0, 0.1) is 0 Å². The standard InChI is InChI=1S/C23H18N2O4S2/c26-22(27)14-24-16-8-4-6-10-18(16)30-20(24)12-2-1-3-13-21-25(15-23(28)29)17-9-5-7-11-19(17)31-21/h1-13H,14-15H2,(H-,26,27,28,29). The SMILES string of the molecule is O=C([O-])C[n+]1c(/C=C/C=C/C=C2/Sc3ccccc3N2CC(=O)O)sc2ccccc21. The number of anilines is 1. The number of benzene rings is 2. The van der Waals surface area contributed by atoms with Gasteiger partial charge in [-0.3, -0.25) is 4.79 Å². The van der Waals surface area contributed by atoms with Gasteiger partial charge in [-0.1, -0.05) is 65.6 Å². The average Bonchev–Trinajstić information content (AvgIpc) is 3.25. The Bertz CT molecular complexity index is 1240. The van der Waals surface area contributed by atoms with Crippen molar-refractivity contribution in [2.24, 2.45) is 0 Å². The van der Waals surface area contributed by atoms with Gasteiger partial charge in [-0.2, -0.15) is 4.57 Å². The van der Waals surface area contributed by atoms with Crippen LogP contribution in [0.5, 0.6) is 0 Å². The largest absolute Gasteiger partial charge is 0.544 e. The van der Waals surface area contributed by atoms with Crippen LogP contribution >= 0.6 is 23.1 Å². The first-order valence-corrected chi connectivity index (χ1v) is 11.1. The van der Waals surface area contributed by atoms with Crippen molar-refractivity contribution >= 4 is 57.0 Å². The summed E-state index contributed by atoms with van der Waals surface area (Å²) in [5, 5.41) is 22.1. The van der Waals surface area contributed by atoms with Gasteiger partial charge in [-0.15, -0.1) is 0 Å². The molecule has 0 amide bonds. The molecule has 2 heterocycles. The second kappa shape index (κ2) is 9.20. The lowest BCUT2D eigenvalue weighted by molar-refractivity contribution is -0.663. The molecule has 4 rings (SSSR count). The zero-order chi connectivity index (χ0) is 21.8. The summed E-state index contributed by atoms with van der Waals surface area (Å²) >= 11 is 3.03. The number of carbonyl (C=O) groups excluding carboxylic acids is 1. The van der Waals surface area contributed by atoms with Crippen LogP contribution in [0.15, 0.2) is 82.8 Å². The van der Waals surface area contributed by atoms with Crippen LogP contribution in [0.2, 0.25) is 0 Å². The fourth-order valence-electron chi connectivity index (χ4n) is 3.28. The molecule has 0 saturated heterocycles. The third-order valence-electron chi connectivity index (χ3n) is 4.55. The number of hydrogen-bond donors (Lipinski definition) is 1. The highest BCUT2D eigenvalue weighted by Crippen LogP contribution is 2.45. The second-order valence-electron chi connectivity index (χ2n) is 6.66. The predicted octanol–water partition coefficient (Wildman–Crippen LogP) is 3.05. The summed E-state index contributed by atoms with van der Waals surface area (Å²) < 4.78 is 2.72. The van der Waals surface area contributed by atoms with Crippen molar-refractivity contribution in [2.75, 3.05) is 11.4 Å². The summed E-state index contributed by atoms with van der Waals surface area (Å²) in [6.07, 6.45) is 9.24. The van der Waals surface area contributed by atoms with E-state index in [9.17, 15) is 19.8 Å². The number of fused-ring (bicyclic) bond motifs is 2. The summed E-state index contributed by atoms with van der Waals surface area (Å²) in [4.78, 5) is 25.2. The molecule has 0 unspecified atom stereocenters. The lowest BCUT2D eigenvalue weighted by atomic mass is 10.3. The van der Waals surface area contributed by atoms with E-state index in [-0.39, 0.29) is 13.1 Å². The minimum atomic E-state index is -1.14. The summed E-state index contributed by atoms with van der Waals surface area (Å²) in [6, 6.07) is 15.3. The first-order valence-electron chi connectivity index (χ1n) is 9.45. The summed E-state index contributed by atoms with van der Waals surface area (Å²) in [5.74, 6) is -2.03. The van der Waals surface area contributed by atoms with Crippen LogP contribution in [-0.2, 0) is 16.1 Å². The molecule has 0 fully saturated rings. The van der Waals surface area contributed by atoms with Crippen LogP contribution in [-0.4, -0.2) is 23.6 Å². The van der Waals surface area contributed by atoms with E-state index < -0.39 is 11.9 Å². The Labute approximate surface area is 187 Å². The molecule has 6 nitrogen and oxygen atoms in total. The highest BCUT2D eigenvalue weighted by atomic mass is 32.2. The van der Waals surface area contributed by atoms with Gasteiger partial charge in [0.25, 0.3) is 5.01 Å². The summed E-state index contributed by atoms with van der Waals surface area (Å²) in [7, 11) is 0. The molecule has 0 bridgehead atoms. The van der Waals surface area contributed by atoms with E-state index in [2.05, 4.69) is 0 Å². The molecule has 0 saturated carbocycles. The highest BCUT2D eigenvalue weighted by molar-refractivity contribution is 8.03. The molecule has 2 aromatic carbocycles. The number of hydrogen-bond acceptors (Lipinski definition) is 6. The van der Waals surface area contributed by atoms with E-state index >= 15 is 0 Å². The second-order valence-corrected chi connectivity index (χ2v) is 8.79. The lowest BCUT2D eigenvalue weighted by Gasteiger charge is -2.17. The fraction of sp³-hybridized carbons (Fsp3) is 0.0870. The molecule has 31 heavy (non-hydrogen) atoms. The van der Waals surface area contributed by atoms with Crippen LogP contribution in [0.1, 0.15) is 5.01 Å². The number of nitrogens with zero attached hydrogens (tertiary/aromatic N) is 2. The third kappa shape index (κ3) is 4.70. The first-order chi connectivity index (χ1) is 15.0. The van der Waals surface area contributed by atoms with Gasteiger partial charge in [-0.05, 0) is 24.3 Å². The summed E-state index contributed by atoms with van der Waals surface area (Å²) in [6.45, 7) is -0.318. The number of carboxylic acids is 2. The molecule has 0 aliphatic carbocycles. The van der Waals surface area contributed by atoms with E-state index in [1.807, 2.05) is 78.9 Å². The van der Waals surface area contributed by atoms with E-state index in [1.54, 1.807) is 9.47 Å². The number of carbonyl (C=O) groups is 2. The Kier molecular flexibility index (Phi) is 6.20. The van der Waals surface area contributed by atoms with Gasteiger partial charge in [0, 0.05) is 17.0 Å². The Hall–Kier alpha value is -3.36. The lowest BCUT2D eigenvalue weighted by Crippen LogP contribution is -2.44. The van der Waals surface area contributed by atoms with E-state index in [0.29, 0.717) is 0 Å². The van der Waals surface area contributed by atoms with E-state index in [0.717, 1.165) is 30.8 Å². The van der Waals surface area contributed by atoms with Gasteiger partial charge in [0.2, 0.25) is 5.52 Å². The highest BCUT2D eigenvalue weighted by Gasteiger charge is 2.25. The molecule has 0 atom stereocenters. The van der Waals surface area contributed by atoms with Gasteiger partial charge in [0.1, 0.15) is 17.2 Å². The van der Waals surface area contributed by atoms with Gasteiger partial charge in [0.05, 0.1) is 10.7 Å². The average molecular weight is 451 g/mol. The molecule has 156 valence electrons. The number of rotatable bonds is 7. The fourth-order valence-corrected chi connectivity index (χ4v) is 5.43. The summed E-state index contributed by atoms with van der Waals surface area (Å²) in [5.41, 5.74) is 1.74. The molecule has 8 heteroatoms. The van der Waals surface area contributed by atoms with Crippen molar-refractivity contribution in [3.05, 3.63) is 82.9 Å². The molecule has 1 aliphatic heterocycles. The number of thioether (sulfide) groups is 1. The number of carboxylic acid groups (broad SMARTS) is 2. The minimum Gasteiger partial charge on any atom is -0.544 e. The number of aromatic nitrogens is 1. The number of para-hydroxylation sites is 2. The minimum absolute atomic E-state index is 0.107. The van der Waals surface area contributed by atoms with Crippen molar-refractivity contribution in [2.45, 2.75) is 11.4 Å². The number of aliphatic carboxylic acids is 2. The first kappa shape index (κ1) is 20.9. The molecule has 0 radical (unpaired) electrons. The molecule has 0 spiro atoms. The van der Waals surface area contributed by atoms with Crippen LogP contribution in [0.3, 0.4) is 0 Å². The molecule has 1 aromatic heterocycles. The Morgan fingerprint density at radius 1 is 1.06 bits per heavy atom. The van der Waals surface area contributed by atoms with Crippen molar-refractivity contribution < 1.29 is 24.4 Å². The maximum atomic E-state index is 11.3. The van der Waals surface area contributed by atoms with Gasteiger partial charge in [0.15, 0.2) is 6.54 Å². The molecular weight excluding hydrogens is 432 g/mol. The molecule has 3 aromatic rings. The van der Waals surface area contributed by atoms with Crippen LogP contribution < -0.4 is 14.6 Å². The van der Waals surface area contributed by atoms with Gasteiger partial charge in [-0.25, -0.2) is 0 Å². The van der Waals surface area contributed by atoms with Crippen molar-refractivity contribution in [1.82, 2.24) is 0 Å².